The number of nitrogens with zero attached hydrogens (tertiary/aromatic N) is 1. The third-order valence-electron chi connectivity index (χ3n) is 2.83. The summed E-state index contributed by atoms with van der Waals surface area (Å²) in [4.78, 5) is 2.12. The van der Waals surface area contributed by atoms with Gasteiger partial charge in [-0.25, -0.2) is 0 Å². The van der Waals surface area contributed by atoms with Gasteiger partial charge in [0, 0.05) is 13.7 Å². The maximum atomic E-state index is 8.93. The molecule has 0 amide bonds. The number of anilines is 2. The molecule has 1 atom stereocenters. The van der Waals surface area contributed by atoms with Crippen LogP contribution in [0, 0.1) is 0 Å². The molecule has 3 N–H and O–H groups in total. The molecule has 82 valence electrons. The highest BCUT2D eigenvalue weighted by molar-refractivity contribution is 5.71. The van der Waals surface area contributed by atoms with Crippen molar-refractivity contribution in [1.29, 1.82) is 0 Å². The van der Waals surface area contributed by atoms with Gasteiger partial charge in [0.1, 0.15) is 6.61 Å². The molecule has 0 spiro atoms. The lowest BCUT2D eigenvalue weighted by molar-refractivity contribution is 0.220. The number of likely N-dealkylation sites (N-methyl/N-ethyl adjacent to an activating group) is 1. The number of nitrogens with two attached hydrogens (primary N) is 1. The van der Waals surface area contributed by atoms with Crippen molar-refractivity contribution in [1.82, 2.24) is 0 Å². The van der Waals surface area contributed by atoms with E-state index in [9.17, 15) is 0 Å². The van der Waals surface area contributed by atoms with E-state index in [-0.39, 0.29) is 12.6 Å². The molecule has 1 unspecified atom stereocenters. The number of aliphatic hydroxyl groups is 1. The highest BCUT2D eigenvalue weighted by Gasteiger charge is 2.25. The molecular formula is C11H16N2O2. The Balaban J connectivity index is 2.30. The first kappa shape index (κ1) is 10.1. The Morgan fingerprint density at radius 3 is 3.13 bits per heavy atom. The Kier molecular flexibility index (Phi) is 2.68. The maximum absolute atomic E-state index is 8.93. The van der Waals surface area contributed by atoms with Gasteiger partial charge in [-0.2, -0.15) is 0 Å². The second-order valence-electron chi connectivity index (χ2n) is 3.78. The lowest BCUT2D eigenvalue weighted by atomic mass is 10.1. The predicted octanol–water partition coefficient (Wildman–Crippen LogP) is 0.848. The molecule has 0 saturated carbocycles. The molecule has 1 aromatic rings. The SMILES string of the molecule is CN1c2cccc(N)c2OCC1CCO. The monoisotopic (exact) mass is 208 g/mol. The number of rotatable bonds is 2. The Hall–Kier alpha value is -1.42. The topological polar surface area (TPSA) is 58.7 Å². The molecule has 4 nitrogen and oxygen atoms in total. The number of para-hydroxylation sites is 1. The van der Waals surface area contributed by atoms with Crippen molar-refractivity contribution in [3.63, 3.8) is 0 Å². The molecule has 0 bridgehead atoms. The first-order valence-electron chi connectivity index (χ1n) is 5.09. The van der Waals surface area contributed by atoms with Crippen LogP contribution in [0.2, 0.25) is 0 Å². The van der Waals surface area contributed by atoms with Gasteiger partial charge in [-0.15, -0.1) is 0 Å². The molecular weight excluding hydrogens is 192 g/mol. The number of fused-ring (bicyclic) bond motifs is 1. The van der Waals surface area contributed by atoms with Crippen LogP contribution in [0.1, 0.15) is 6.42 Å². The van der Waals surface area contributed by atoms with Gasteiger partial charge in [0.25, 0.3) is 0 Å². The molecule has 1 aliphatic heterocycles. The quantitative estimate of drug-likeness (QED) is 0.707. The molecule has 0 saturated heterocycles. The molecule has 1 heterocycles. The van der Waals surface area contributed by atoms with Crippen LogP contribution in [0.4, 0.5) is 11.4 Å². The molecule has 15 heavy (non-hydrogen) atoms. The molecule has 2 rings (SSSR count). The standard InChI is InChI=1S/C11H16N2O2/c1-13-8(5-6-14)7-15-11-9(12)3-2-4-10(11)13/h2-4,8,14H,5-7,12H2,1H3. The zero-order valence-electron chi connectivity index (χ0n) is 8.81. The van der Waals surface area contributed by atoms with Crippen molar-refractivity contribution in [3.8, 4) is 5.75 Å². The number of aliphatic hydroxyl groups excluding tert-OH is 1. The van der Waals surface area contributed by atoms with Crippen LogP contribution in [0.25, 0.3) is 0 Å². The minimum absolute atomic E-state index is 0.177. The van der Waals surface area contributed by atoms with Gasteiger partial charge >= 0.3 is 0 Å². The van der Waals surface area contributed by atoms with Gasteiger partial charge in [0.05, 0.1) is 17.4 Å². The summed E-state index contributed by atoms with van der Waals surface area (Å²) in [6, 6.07) is 5.95. The average molecular weight is 208 g/mol. The summed E-state index contributed by atoms with van der Waals surface area (Å²) in [5.74, 6) is 0.759. The van der Waals surface area contributed by atoms with Crippen LogP contribution in [-0.2, 0) is 0 Å². The van der Waals surface area contributed by atoms with Crippen molar-refractivity contribution in [2.75, 3.05) is 30.9 Å². The largest absolute Gasteiger partial charge is 0.487 e. The molecule has 4 heteroatoms. The van der Waals surface area contributed by atoms with Crippen molar-refractivity contribution in [2.24, 2.45) is 0 Å². The number of ether oxygens (including phenoxy) is 1. The zero-order valence-corrected chi connectivity index (χ0v) is 8.81. The number of nitrogen functional groups attached to an aromatic ring is 1. The third kappa shape index (κ3) is 1.72. The van der Waals surface area contributed by atoms with Crippen molar-refractivity contribution in [2.45, 2.75) is 12.5 Å². The minimum Gasteiger partial charge on any atom is -0.487 e. The van der Waals surface area contributed by atoms with Gasteiger partial charge < -0.3 is 20.5 Å². The summed E-state index contributed by atoms with van der Waals surface area (Å²) in [6.07, 6.45) is 0.713. The van der Waals surface area contributed by atoms with Gasteiger partial charge in [-0.3, -0.25) is 0 Å². The zero-order chi connectivity index (χ0) is 10.8. The summed E-state index contributed by atoms with van der Waals surface area (Å²) < 4.78 is 5.61. The van der Waals surface area contributed by atoms with E-state index in [1.165, 1.54) is 0 Å². The fraction of sp³-hybridized carbons (Fsp3) is 0.455. The van der Waals surface area contributed by atoms with Crippen molar-refractivity contribution >= 4 is 11.4 Å². The van der Waals surface area contributed by atoms with Gasteiger partial charge in [-0.1, -0.05) is 6.07 Å². The Morgan fingerprint density at radius 1 is 1.60 bits per heavy atom. The fourth-order valence-corrected chi connectivity index (χ4v) is 1.89. The molecule has 0 radical (unpaired) electrons. The van der Waals surface area contributed by atoms with E-state index < -0.39 is 0 Å². The lowest BCUT2D eigenvalue weighted by Crippen LogP contribution is -2.41. The number of hydrogen-bond donors (Lipinski definition) is 2. The van der Waals surface area contributed by atoms with Crippen LogP contribution in [0.3, 0.4) is 0 Å². The Morgan fingerprint density at radius 2 is 2.40 bits per heavy atom. The van der Waals surface area contributed by atoms with E-state index in [0.29, 0.717) is 18.7 Å². The Bertz CT molecular complexity index is 354. The number of hydrogen-bond acceptors (Lipinski definition) is 4. The summed E-state index contributed by atoms with van der Waals surface area (Å²) in [5, 5.41) is 8.93. The second kappa shape index (κ2) is 3.98. The second-order valence-corrected chi connectivity index (χ2v) is 3.78. The van der Waals surface area contributed by atoms with E-state index in [1.807, 2.05) is 25.2 Å². The van der Waals surface area contributed by atoms with E-state index in [2.05, 4.69) is 4.90 Å². The van der Waals surface area contributed by atoms with Gasteiger partial charge in [0.2, 0.25) is 0 Å². The first-order valence-corrected chi connectivity index (χ1v) is 5.09. The predicted molar refractivity (Wildman–Crippen MR) is 60.2 cm³/mol. The lowest BCUT2D eigenvalue weighted by Gasteiger charge is -2.36. The van der Waals surface area contributed by atoms with Crippen LogP contribution in [-0.4, -0.2) is 31.4 Å². The molecule has 0 aromatic heterocycles. The maximum Gasteiger partial charge on any atom is 0.165 e. The summed E-state index contributed by atoms with van der Waals surface area (Å²) in [5.41, 5.74) is 7.49. The summed E-state index contributed by atoms with van der Waals surface area (Å²) >= 11 is 0. The molecule has 0 aliphatic carbocycles. The highest BCUT2D eigenvalue weighted by Crippen LogP contribution is 2.37. The normalized spacial score (nSPS) is 19.6. The first-order chi connectivity index (χ1) is 7.24. The Labute approximate surface area is 89.3 Å². The number of benzene rings is 1. The smallest absolute Gasteiger partial charge is 0.165 e. The van der Waals surface area contributed by atoms with Crippen molar-refractivity contribution in [3.05, 3.63) is 18.2 Å². The van der Waals surface area contributed by atoms with E-state index in [1.54, 1.807) is 0 Å². The van der Waals surface area contributed by atoms with E-state index >= 15 is 0 Å². The van der Waals surface area contributed by atoms with Gasteiger partial charge in [0.15, 0.2) is 5.75 Å². The van der Waals surface area contributed by atoms with Crippen LogP contribution in [0.5, 0.6) is 5.75 Å². The molecule has 1 aromatic carbocycles. The van der Waals surface area contributed by atoms with Crippen molar-refractivity contribution < 1.29 is 9.84 Å². The van der Waals surface area contributed by atoms with Gasteiger partial charge in [-0.05, 0) is 18.6 Å². The molecule has 0 fully saturated rings. The summed E-state index contributed by atoms with van der Waals surface area (Å²) in [7, 11) is 2.00. The van der Waals surface area contributed by atoms with E-state index in [4.69, 9.17) is 15.6 Å². The fourth-order valence-electron chi connectivity index (χ4n) is 1.89. The minimum atomic E-state index is 0.177. The third-order valence-corrected chi connectivity index (χ3v) is 2.83. The van der Waals surface area contributed by atoms with Crippen LogP contribution >= 0.6 is 0 Å². The average Bonchev–Trinajstić information content (AvgIpc) is 2.23. The van der Waals surface area contributed by atoms with E-state index in [0.717, 1.165) is 11.4 Å². The van der Waals surface area contributed by atoms with Crippen LogP contribution < -0.4 is 15.4 Å². The van der Waals surface area contributed by atoms with Crippen LogP contribution in [0.15, 0.2) is 18.2 Å². The summed E-state index contributed by atoms with van der Waals surface area (Å²) in [6.45, 7) is 0.758. The molecule has 1 aliphatic rings. The highest BCUT2D eigenvalue weighted by atomic mass is 16.5.